The minimum Gasteiger partial charge on any atom is -0.318 e. The van der Waals surface area contributed by atoms with Gasteiger partial charge in [-0.15, -0.1) is 0 Å². The Labute approximate surface area is 217 Å². The smallest absolute Gasteiger partial charge is 0.271 e. The van der Waals surface area contributed by atoms with Gasteiger partial charge in [-0.1, -0.05) is 54.1 Å². The highest BCUT2D eigenvalue weighted by Gasteiger charge is 2.16. The second-order valence-corrected chi connectivity index (χ2v) is 9.70. The van der Waals surface area contributed by atoms with E-state index < -0.39 is 0 Å². The van der Waals surface area contributed by atoms with Crippen molar-refractivity contribution in [2.24, 2.45) is 5.10 Å². The molecule has 0 spiro atoms. The summed E-state index contributed by atoms with van der Waals surface area (Å²) in [6, 6.07) is 26.2. The summed E-state index contributed by atoms with van der Waals surface area (Å²) < 4.78 is 2.12. The molecule has 0 aliphatic carbocycles. The van der Waals surface area contributed by atoms with E-state index in [-0.39, 0.29) is 5.91 Å². The van der Waals surface area contributed by atoms with Gasteiger partial charge in [-0.3, -0.25) is 9.69 Å². The maximum atomic E-state index is 12.6. The van der Waals surface area contributed by atoms with Crippen LogP contribution in [0, 0.1) is 13.8 Å². The van der Waals surface area contributed by atoms with E-state index in [1.807, 2.05) is 68.4 Å². The molecule has 0 bridgehead atoms. The van der Waals surface area contributed by atoms with E-state index in [4.69, 9.17) is 11.6 Å². The van der Waals surface area contributed by atoms with Gasteiger partial charge >= 0.3 is 0 Å². The Morgan fingerprint density at radius 2 is 1.78 bits per heavy atom. The van der Waals surface area contributed by atoms with Crippen LogP contribution in [-0.4, -0.2) is 28.1 Å². The standard InChI is InChI=1S/C30H29ClN4O/c1-21-16-27(22(2)35(21)29-9-5-8-28(31)17-29)18-32-33-30(36)25-12-10-23(11-13-25)19-34-15-14-24-6-3-4-7-26(24)20-34/h3-13,16-18H,14-15,19-20H2,1-2H3,(H,33,36)/b32-18+. The second-order valence-electron chi connectivity index (χ2n) is 9.27. The number of amides is 1. The fourth-order valence-electron chi connectivity index (χ4n) is 4.86. The van der Waals surface area contributed by atoms with Crippen molar-refractivity contribution in [3.63, 3.8) is 0 Å². The van der Waals surface area contributed by atoms with E-state index in [1.54, 1.807) is 6.21 Å². The average molecular weight is 497 g/mol. The van der Waals surface area contributed by atoms with Gasteiger partial charge in [0.1, 0.15) is 0 Å². The van der Waals surface area contributed by atoms with Gasteiger partial charge in [-0.2, -0.15) is 5.10 Å². The summed E-state index contributed by atoms with van der Waals surface area (Å²) in [7, 11) is 0. The van der Waals surface area contributed by atoms with E-state index in [9.17, 15) is 4.79 Å². The Balaban J connectivity index is 1.20. The molecule has 5 nitrogen and oxygen atoms in total. The molecule has 5 rings (SSSR count). The Kier molecular flexibility index (Phi) is 7.03. The molecule has 1 aliphatic heterocycles. The normalized spacial score (nSPS) is 13.6. The third-order valence-electron chi connectivity index (χ3n) is 6.74. The van der Waals surface area contributed by atoms with Crippen LogP contribution in [0.3, 0.4) is 0 Å². The number of hydrogen-bond acceptors (Lipinski definition) is 3. The molecule has 0 atom stereocenters. The van der Waals surface area contributed by atoms with Gasteiger partial charge in [0, 0.05) is 52.9 Å². The number of aromatic nitrogens is 1. The molecule has 0 fully saturated rings. The lowest BCUT2D eigenvalue weighted by Crippen LogP contribution is -2.30. The largest absolute Gasteiger partial charge is 0.318 e. The summed E-state index contributed by atoms with van der Waals surface area (Å²) in [5.41, 5.74) is 11.3. The van der Waals surface area contributed by atoms with Crippen LogP contribution in [0.2, 0.25) is 5.02 Å². The molecule has 0 saturated carbocycles. The number of nitrogens with zero attached hydrogens (tertiary/aromatic N) is 3. The number of nitrogens with one attached hydrogen (secondary N) is 1. The van der Waals surface area contributed by atoms with Crippen LogP contribution in [0.15, 0.2) is 84.0 Å². The molecule has 0 radical (unpaired) electrons. The van der Waals surface area contributed by atoms with Gasteiger partial charge in [0.15, 0.2) is 0 Å². The number of hydrazone groups is 1. The van der Waals surface area contributed by atoms with Gasteiger partial charge in [-0.05, 0) is 73.4 Å². The number of benzene rings is 3. The number of aryl methyl sites for hydroxylation is 1. The predicted octanol–water partition coefficient (Wildman–Crippen LogP) is 6.07. The van der Waals surface area contributed by atoms with Crippen molar-refractivity contribution in [1.29, 1.82) is 0 Å². The monoisotopic (exact) mass is 496 g/mol. The Morgan fingerprint density at radius 1 is 1.00 bits per heavy atom. The number of rotatable bonds is 6. The van der Waals surface area contributed by atoms with Crippen LogP contribution in [0.5, 0.6) is 0 Å². The topological polar surface area (TPSA) is 49.6 Å². The molecule has 1 aliphatic rings. The third kappa shape index (κ3) is 5.27. The number of fused-ring (bicyclic) bond motifs is 1. The molecule has 182 valence electrons. The quantitative estimate of drug-likeness (QED) is 0.260. The molecule has 1 aromatic heterocycles. The second kappa shape index (κ2) is 10.5. The summed E-state index contributed by atoms with van der Waals surface area (Å²) in [6.07, 6.45) is 2.76. The first-order chi connectivity index (χ1) is 17.5. The van der Waals surface area contributed by atoms with Crippen molar-refractivity contribution in [3.05, 3.63) is 123 Å². The number of hydrogen-bond donors (Lipinski definition) is 1. The van der Waals surface area contributed by atoms with E-state index in [1.165, 1.54) is 16.7 Å². The van der Waals surface area contributed by atoms with Crippen LogP contribution in [-0.2, 0) is 19.5 Å². The van der Waals surface area contributed by atoms with Crippen molar-refractivity contribution in [1.82, 2.24) is 14.9 Å². The van der Waals surface area contributed by atoms with Gasteiger partial charge in [0.25, 0.3) is 5.91 Å². The predicted molar refractivity (Wildman–Crippen MR) is 146 cm³/mol. The summed E-state index contributed by atoms with van der Waals surface area (Å²) in [5.74, 6) is -0.228. The van der Waals surface area contributed by atoms with E-state index in [0.29, 0.717) is 10.6 Å². The fourth-order valence-corrected chi connectivity index (χ4v) is 5.05. The van der Waals surface area contributed by atoms with Gasteiger partial charge < -0.3 is 4.57 Å². The Morgan fingerprint density at radius 3 is 2.56 bits per heavy atom. The van der Waals surface area contributed by atoms with E-state index in [0.717, 1.165) is 48.7 Å². The molecule has 1 amide bonds. The lowest BCUT2D eigenvalue weighted by Gasteiger charge is -2.28. The molecule has 6 heteroatoms. The molecule has 4 aromatic rings. The summed E-state index contributed by atoms with van der Waals surface area (Å²) >= 11 is 6.17. The number of carbonyl (C=O) groups excluding carboxylic acids is 1. The zero-order valence-electron chi connectivity index (χ0n) is 20.5. The highest BCUT2D eigenvalue weighted by molar-refractivity contribution is 6.30. The van der Waals surface area contributed by atoms with Gasteiger partial charge in [0.05, 0.1) is 6.21 Å². The minimum atomic E-state index is -0.228. The maximum Gasteiger partial charge on any atom is 0.271 e. The Hall–Kier alpha value is -3.67. The third-order valence-corrected chi connectivity index (χ3v) is 6.97. The Bertz CT molecular complexity index is 1420. The molecule has 2 heterocycles. The van der Waals surface area contributed by atoms with Crippen molar-refractivity contribution in [3.8, 4) is 5.69 Å². The highest BCUT2D eigenvalue weighted by Crippen LogP contribution is 2.23. The highest BCUT2D eigenvalue weighted by atomic mass is 35.5. The molecule has 3 aromatic carbocycles. The van der Waals surface area contributed by atoms with E-state index >= 15 is 0 Å². The van der Waals surface area contributed by atoms with Crippen molar-refractivity contribution in [2.45, 2.75) is 33.4 Å². The summed E-state index contributed by atoms with van der Waals surface area (Å²) in [6.45, 7) is 6.94. The number of halogens is 1. The van der Waals surface area contributed by atoms with Crippen LogP contribution in [0.4, 0.5) is 0 Å². The lowest BCUT2D eigenvalue weighted by atomic mass is 9.99. The first-order valence-corrected chi connectivity index (χ1v) is 12.5. The van der Waals surface area contributed by atoms with Crippen LogP contribution in [0.1, 0.15) is 44.0 Å². The van der Waals surface area contributed by atoms with Crippen LogP contribution >= 0.6 is 11.6 Å². The molecular weight excluding hydrogens is 468 g/mol. The fraction of sp³-hybridized carbons (Fsp3) is 0.200. The number of carbonyl (C=O) groups is 1. The van der Waals surface area contributed by atoms with Crippen molar-refractivity contribution < 1.29 is 4.79 Å². The van der Waals surface area contributed by atoms with Crippen LogP contribution < -0.4 is 5.43 Å². The van der Waals surface area contributed by atoms with Gasteiger partial charge in [-0.25, -0.2) is 5.43 Å². The molecule has 0 unspecified atom stereocenters. The maximum absolute atomic E-state index is 12.6. The molecule has 1 N–H and O–H groups in total. The molecular formula is C30H29ClN4O. The average Bonchev–Trinajstić information content (AvgIpc) is 3.17. The summed E-state index contributed by atoms with van der Waals surface area (Å²) in [5, 5.41) is 4.90. The van der Waals surface area contributed by atoms with Crippen molar-refractivity contribution >= 4 is 23.7 Å². The van der Waals surface area contributed by atoms with E-state index in [2.05, 4.69) is 44.3 Å². The zero-order valence-corrected chi connectivity index (χ0v) is 21.3. The SMILES string of the molecule is Cc1cc(/C=N/NC(=O)c2ccc(CN3CCc4ccccc4C3)cc2)c(C)n1-c1cccc(Cl)c1. The lowest BCUT2D eigenvalue weighted by molar-refractivity contribution is 0.0955. The summed E-state index contributed by atoms with van der Waals surface area (Å²) in [4.78, 5) is 15.1. The zero-order chi connectivity index (χ0) is 25.1. The molecule has 0 saturated heterocycles. The molecule has 36 heavy (non-hydrogen) atoms. The first-order valence-electron chi connectivity index (χ1n) is 12.1. The van der Waals surface area contributed by atoms with Crippen LogP contribution in [0.25, 0.3) is 5.69 Å². The van der Waals surface area contributed by atoms with Gasteiger partial charge in [0.2, 0.25) is 0 Å². The van der Waals surface area contributed by atoms with Crippen molar-refractivity contribution in [2.75, 3.05) is 6.54 Å². The minimum absolute atomic E-state index is 0.228. The first kappa shape index (κ1) is 24.0.